The Bertz CT molecular complexity index is 1190. The molecule has 0 radical (unpaired) electrons. The molecule has 11 heteroatoms. The molecule has 2 aromatic carbocycles. The van der Waals surface area contributed by atoms with Gasteiger partial charge in [-0.05, 0) is 29.7 Å². The number of alkyl halides is 3. The van der Waals surface area contributed by atoms with Gasteiger partial charge in [0.2, 0.25) is 12.5 Å². The van der Waals surface area contributed by atoms with Crippen molar-refractivity contribution in [3.05, 3.63) is 48.7 Å². The SMILES string of the molecule is COc1cccc2cc(-c3ccc4c(c3)OCO4)[n+](C)cc12.O=S(=O)([O-])C(F)(F)F. The lowest BCUT2D eigenvalue weighted by atomic mass is 10.1. The number of methoxy groups -OCH3 is 1. The number of aryl methyl sites for hydroxylation is 1. The van der Waals surface area contributed by atoms with Crippen LogP contribution in [0.15, 0.2) is 48.7 Å². The molecule has 1 aromatic heterocycles. The van der Waals surface area contributed by atoms with Crippen LogP contribution in [-0.4, -0.2) is 32.4 Å². The van der Waals surface area contributed by atoms with E-state index >= 15 is 0 Å². The molecule has 3 aromatic rings. The first kappa shape index (κ1) is 21.7. The summed E-state index contributed by atoms with van der Waals surface area (Å²) in [5, 5.41) is 2.24. The minimum atomic E-state index is -6.09. The zero-order valence-corrected chi connectivity index (χ0v) is 16.6. The molecule has 2 heterocycles. The van der Waals surface area contributed by atoms with Gasteiger partial charge in [-0.1, -0.05) is 12.1 Å². The van der Waals surface area contributed by atoms with Crippen LogP contribution in [-0.2, 0) is 17.2 Å². The Morgan fingerprint density at radius 1 is 1.10 bits per heavy atom. The molecule has 4 rings (SSSR count). The second kappa shape index (κ2) is 8.00. The Kier molecular flexibility index (Phi) is 5.77. The van der Waals surface area contributed by atoms with Crippen molar-refractivity contribution >= 4 is 20.9 Å². The number of rotatable bonds is 2. The number of ether oxygens (including phenoxy) is 3. The molecule has 160 valence electrons. The molecule has 1 aliphatic heterocycles. The summed E-state index contributed by atoms with van der Waals surface area (Å²) in [5.74, 6) is 2.47. The van der Waals surface area contributed by atoms with Gasteiger partial charge in [-0.15, -0.1) is 0 Å². The maximum absolute atomic E-state index is 10.7. The summed E-state index contributed by atoms with van der Waals surface area (Å²) in [6.07, 6.45) is 2.09. The molecular formula is C19H16F3NO6S. The van der Waals surface area contributed by atoms with Gasteiger partial charge < -0.3 is 18.8 Å². The summed E-state index contributed by atoms with van der Waals surface area (Å²) in [6, 6.07) is 14.3. The van der Waals surface area contributed by atoms with Crippen molar-refractivity contribution in [1.29, 1.82) is 0 Å². The predicted octanol–water partition coefficient (Wildman–Crippen LogP) is 3.12. The normalized spacial score (nSPS) is 13.0. The lowest BCUT2D eigenvalue weighted by molar-refractivity contribution is -0.659. The van der Waals surface area contributed by atoms with E-state index in [-0.39, 0.29) is 0 Å². The number of hydrogen-bond donors (Lipinski definition) is 0. The van der Waals surface area contributed by atoms with E-state index in [1.54, 1.807) is 7.11 Å². The topological polar surface area (TPSA) is 88.8 Å². The molecule has 0 aliphatic carbocycles. The Labute approximate surface area is 170 Å². The standard InChI is InChI=1S/C18H16NO3.CHF3O3S/c1-19-10-14-12(4-3-5-16(14)20-2)8-15(19)13-6-7-17-18(9-13)22-11-21-17;2-1(3,4)8(5,6)7/h3-10H,11H2,1-2H3;(H,5,6,7)/q+1;/p-1. The average molecular weight is 443 g/mol. The van der Waals surface area contributed by atoms with Gasteiger partial charge in [0.1, 0.15) is 12.8 Å². The van der Waals surface area contributed by atoms with Crippen LogP contribution >= 0.6 is 0 Å². The van der Waals surface area contributed by atoms with Crippen LogP contribution in [0.5, 0.6) is 17.2 Å². The highest BCUT2D eigenvalue weighted by Gasteiger charge is 2.36. The lowest BCUT2D eigenvalue weighted by Crippen LogP contribution is -2.30. The number of pyridine rings is 1. The smallest absolute Gasteiger partial charge is 0.485 e. The van der Waals surface area contributed by atoms with Crippen LogP contribution in [0.25, 0.3) is 22.0 Å². The van der Waals surface area contributed by atoms with Crippen LogP contribution in [0, 0.1) is 0 Å². The average Bonchev–Trinajstić information content (AvgIpc) is 3.13. The third-order valence-electron chi connectivity index (χ3n) is 4.27. The Balaban J connectivity index is 0.000000275. The minimum absolute atomic E-state index is 0.291. The van der Waals surface area contributed by atoms with E-state index in [0.717, 1.165) is 39.3 Å². The second-order valence-corrected chi connectivity index (χ2v) is 7.57. The number of hydrogen-bond acceptors (Lipinski definition) is 6. The maximum atomic E-state index is 10.7. The minimum Gasteiger partial charge on any atom is -0.741 e. The summed E-state index contributed by atoms with van der Waals surface area (Å²) < 4.78 is 77.3. The molecular weight excluding hydrogens is 427 g/mol. The third kappa shape index (κ3) is 4.41. The van der Waals surface area contributed by atoms with Crippen molar-refractivity contribution in [3.63, 3.8) is 0 Å². The van der Waals surface area contributed by atoms with Crippen molar-refractivity contribution in [3.8, 4) is 28.5 Å². The van der Waals surface area contributed by atoms with Crippen molar-refractivity contribution < 1.29 is 44.9 Å². The van der Waals surface area contributed by atoms with Crippen LogP contribution in [0.3, 0.4) is 0 Å². The van der Waals surface area contributed by atoms with Gasteiger partial charge in [-0.2, -0.15) is 13.2 Å². The second-order valence-electron chi connectivity index (χ2n) is 6.20. The zero-order chi connectivity index (χ0) is 22.1. The quantitative estimate of drug-likeness (QED) is 0.344. The zero-order valence-electron chi connectivity index (χ0n) is 15.8. The highest BCUT2D eigenvalue weighted by Crippen LogP contribution is 2.36. The maximum Gasteiger partial charge on any atom is 0.485 e. The van der Waals surface area contributed by atoms with Crippen molar-refractivity contribution in [2.75, 3.05) is 13.9 Å². The first-order chi connectivity index (χ1) is 14.0. The van der Waals surface area contributed by atoms with Crippen molar-refractivity contribution in [2.45, 2.75) is 5.51 Å². The van der Waals surface area contributed by atoms with Crippen LogP contribution in [0.2, 0.25) is 0 Å². The molecule has 7 nitrogen and oxygen atoms in total. The number of benzene rings is 2. The molecule has 0 spiro atoms. The van der Waals surface area contributed by atoms with Gasteiger partial charge in [-0.3, -0.25) is 0 Å². The number of halogens is 3. The highest BCUT2D eigenvalue weighted by atomic mass is 32.2. The lowest BCUT2D eigenvalue weighted by Gasteiger charge is -2.08. The fraction of sp³-hybridized carbons (Fsp3) is 0.211. The Morgan fingerprint density at radius 2 is 1.77 bits per heavy atom. The Morgan fingerprint density at radius 3 is 2.40 bits per heavy atom. The molecule has 0 fully saturated rings. The molecule has 0 unspecified atom stereocenters. The fourth-order valence-electron chi connectivity index (χ4n) is 2.86. The molecule has 0 bridgehead atoms. The summed E-state index contributed by atoms with van der Waals surface area (Å²) in [5.41, 5.74) is -3.44. The number of nitrogens with zero attached hydrogens (tertiary/aromatic N) is 1. The third-order valence-corrected chi connectivity index (χ3v) is 4.83. The highest BCUT2D eigenvalue weighted by molar-refractivity contribution is 7.86. The van der Waals surface area contributed by atoms with Gasteiger partial charge in [0.15, 0.2) is 27.8 Å². The summed E-state index contributed by atoms with van der Waals surface area (Å²) >= 11 is 0. The fourth-order valence-corrected chi connectivity index (χ4v) is 2.86. The molecule has 30 heavy (non-hydrogen) atoms. The van der Waals surface area contributed by atoms with Crippen LogP contribution in [0.4, 0.5) is 13.2 Å². The molecule has 0 saturated carbocycles. The van der Waals surface area contributed by atoms with Gasteiger partial charge >= 0.3 is 5.51 Å². The van der Waals surface area contributed by atoms with Crippen molar-refractivity contribution in [1.82, 2.24) is 0 Å². The molecule has 0 N–H and O–H groups in total. The monoisotopic (exact) mass is 443 g/mol. The van der Waals surface area contributed by atoms with Crippen LogP contribution in [0.1, 0.15) is 0 Å². The molecule has 1 aliphatic rings. The summed E-state index contributed by atoms with van der Waals surface area (Å²) in [7, 11) is -2.36. The van der Waals surface area contributed by atoms with E-state index in [1.807, 2.05) is 31.3 Å². The van der Waals surface area contributed by atoms with Gasteiger partial charge in [-0.25, -0.2) is 13.0 Å². The van der Waals surface area contributed by atoms with E-state index in [4.69, 9.17) is 27.2 Å². The van der Waals surface area contributed by atoms with Crippen molar-refractivity contribution in [2.24, 2.45) is 7.05 Å². The van der Waals surface area contributed by atoms with E-state index in [2.05, 4.69) is 29.0 Å². The van der Waals surface area contributed by atoms with E-state index in [9.17, 15) is 13.2 Å². The van der Waals surface area contributed by atoms with Crippen LogP contribution < -0.4 is 18.8 Å². The largest absolute Gasteiger partial charge is 0.741 e. The first-order valence-electron chi connectivity index (χ1n) is 8.40. The van der Waals surface area contributed by atoms with E-state index in [0.29, 0.717) is 6.79 Å². The van der Waals surface area contributed by atoms with Gasteiger partial charge in [0, 0.05) is 6.07 Å². The van der Waals surface area contributed by atoms with E-state index in [1.165, 1.54) is 0 Å². The summed E-state index contributed by atoms with van der Waals surface area (Å²) in [4.78, 5) is 0. The van der Waals surface area contributed by atoms with E-state index < -0.39 is 15.6 Å². The number of aromatic nitrogens is 1. The predicted molar refractivity (Wildman–Crippen MR) is 99.0 cm³/mol. The van der Waals surface area contributed by atoms with Gasteiger partial charge in [0.25, 0.3) is 0 Å². The molecule has 0 atom stereocenters. The van der Waals surface area contributed by atoms with Gasteiger partial charge in [0.05, 0.1) is 18.1 Å². The number of fused-ring (bicyclic) bond motifs is 2. The molecule has 0 saturated heterocycles. The first-order valence-corrected chi connectivity index (χ1v) is 9.80. The summed E-state index contributed by atoms with van der Waals surface area (Å²) in [6.45, 7) is 0.291. The molecule has 0 amide bonds. The Hall–Kier alpha value is -3.05.